The maximum atomic E-state index is 6.31. The molecule has 2 rings (SSSR count). The lowest BCUT2D eigenvalue weighted by Gasteiger charge is -2.10. The number of rotatable bonds is 5. The lowest BCUT2D eigenvalue weighted by atomic mass is 10.2. The van der Waals surface area contributed by atoms with Crippen LogP contribution >= 0.6 is 11.6 Å². The van der Waals surface area contributed by atoms with Crippen molar-refractivity contribution in [2.45, 2.75) is 26.8 Å². The minimum atomic E-state index is 0.722. The number of nitrogens with zero attached hydrogens (tertiary/aromatic N) is 3. The second kappa shape index (κ2) is 5.98. The molecule has 0 aliphatic rings. The monoisotopic (exact) mass is 264 g/mol. The van der Waals surface area contributed by atoms with Gasteiger partial charge in [-0.1, -0.05) is 35.9 Å². The first-order valence-electron chi connectivity index (χ1n) is 6.09. The van der Waals surface area contributed by atoms with Gasteiger partial charge < -0.3 is 5.32 Å². The van der Waals surface area contributed by atoms with Crippen LogP contribution in [0.4, 0.5) is 0 Å². The lowest BCUT2D eigenvalue weighted by Crippen LogP contribution is -2.17. The van der Waals surface area contributed by atoms with Gasteiger partial charge in [-0.2, -0.15) is 0 Å². The molecule has 1 aromatic carbocycles. The molecule has 0 bridgehead atoms. The van der Waals surface area contributed by atoms with Crippen molar-refractivity contribution in [2.24, 2.45) is 0 Å². The molecular weight excluding hydrogens is 248 g/mol. The Morgan fingerprint density at radius 3 is 3.00 bits per heavy atom. The second-order valence-electron chi connectivity index (χ2n) is 4.22. The zero-order chi connectivity index (χ0) is 13.0. The zero-order valence-electron chi connectivity index (χ0n) is 10.7. The Labute approximate surface area is 112 Å². The van der Waals surface area contributed by atoms with E-state index in [1.54, 1.807) is 10.9 Å². The van der Waals surface area contributed by atoms with Crippen molar-refractivity contribution in [3.8, 4) is 5.69 Å². The van der Waals surface area contributed by atoms with E-state index in [2.05, 4.69) is 22.6 Å². The van der Waals surface area contributed by atoms with Gasteiger partial charge in [0.1, 0.15) is 0 Å². The maximum Gasteiger partial charge on any atom is 0.0856 e. The summed E-state index contributed by atoms with van der Waals surface area (Å²) in [5.74, 6) is 0. The second-order valence-corrected chi connectivity index (χ2v) is 4.60. The molecule has 0 saturated carbocycles. The largest absolute Gasteiger partial charge is 0.311 e. The van der Waals surface area contributed by atoms with E-state index >= 15 is 0 Å². The van der Waals surface area contributed by atoms with E-state index in [1.165, 1.54) is 0 Å². The smallest absolute Gasteiger partial charge is 0.0856 e. The molecule has 0 fully saturated rings. The highest BCUT2D eigenvalue weighted by atomic mass is 35.5. The van der Waals surface area contributed by atoms with Crippen LogP contribution in [0.2, 0.25) is 5.02 Å². The highest BCUT2D eigenvalue weighted by molar-refractivity contribution is 6.33. The molecule has 0 atom stereocenters. The molecule has 0 saturated heterocycles. The van der Waals surface area contributed by atoms with Crippen molar-refractivity contribution in [1.82, 2.24) is 20.3 Å². The van der Waals surface area contributed by atoms with Gasteiger partial charge in [-0.15, -0.1) is 5.10 Å². The standard InChI is InChI=1S/C13H17ClN4/c1-3-7-15-8-11-9-16-17-18(11)12-6-4-5-10(2)13(12)14/h4-6,9,15H,3,7-8H2,1-2H3. The number of benzene rings is 1. The van der Waals surface area contributed by atoms with E-state index in [0.29, 0.717) is 0 Å². The fourth-order valence-electron chi connectivity index (χ4n) is 1.77. The average molecular weight is 265 g/mol. The van der Waals surface area contributed by atoms with E-state index in [-0.39, 0.29) is 0 Å². The lowest BCUT2D eigenvalue weighted by molar-refractivity contribution is 0.641. The van der Waals surface area contributed by atoms with Gasteiger partial charge in [-0.25, -0.2) is 4.68 Å². The van der Waals surface area contributed by atoms with E-state index < -0.39 is 0 Å². The average Bonchev–Trinajstić information content (AvgIpc) is 2.81. The number of aromatic nitrogens is 3. The summed E-state index contributed by atoms with van der Waals surface area (Å²) in [5.41, 5.74) is 2.93. The molecule has 0 unspecified atom stereocenters. The molecule has 4 nitrogen and oxygen atoms in total. The molecule has 18 heavy (non-hydrogen) atoms. The van der Waals surface area contributed by atoms with Gasteiger partial charge in [0.25, 0.3) is 0 Å². The maximum absolute atomic E-state index is 6.31. The van der Waals surface area contributed by atoms with Crippen LogP contribution in [0, 0.1) is 6.92 Å². The van der Waals surface area contributed by atoms with E-state index in [0.717, 1.165) is 41.5 Å². The molecule has 1 heterocycles. The number of hydrogen-bond acceptors (Lipinski definition) is 3. The molecule has 0 spiro atoms. The molecule has 1 aromatic heterocycles. The molecule has 5 heteroatoms. The van der Waals surface area contributed by atoms with E-state index in [1.807, 2.05) is 25.1 Å². The summed E-state index contributed by atoms with van der Waals surface area (Å²) < 4.78 is 1.79. The summed E-state index contributed by atoms with van der Waals surface area (Å²) in [6.45, 7) is 5.84. The van der Waals surface area contributed by atoms with Crippen molar-refractivity contribution in [1.29, 1.82) is 0 Å². The number of nitrogens with one attached hydrogen (secondary N) is 1. The van der Waals surface area contributed by atoms with Crippen LogP contribution < -0.4 is 5.32 Å². The van der Waals surface area contributed by atoms with Crippen LogP contribution in [-0.4, -0.2) is 21.5 Å². The summed E-state index contributed by atoms with van der Waals surface area (Å²) in [5, 5.41) is 12.1. The number of aryl methyl sites for hydroxylation is 1. The van der Waals surface area contributed by atoms with Crippen molar-refractivity contribution >= 4 is 11.6 Å². The molecule has 1 N–H and O–H groups in total. The predicted octanol–water partition coefficient (Wildman–Crippen LogP) is 2.73. The summed E-state index contributed by atoms with van der Waals surface area (Å²) in [4.78, 5) is 0. The minimum absolute atomic E-state index is 0.722. The Morgan fingerprint density at radius 2 is 2.22 bits per heavy atom. The van der Waals surface area contributed by atoms with Crippen molar-refractivity contribution in [3.63, 3.8) is 0 Å². The summed E-state index contributed by atoms with van der Waals surface area (Å²) in [7, 11) is 0. The van der Waals surface area contributed by atoms with E-state index in [9.17, 15) is 0 Å². The molecule has 0 amide bonds. The zero-order valence-corrected chi connectivity index (χ0v) is 11.4. The summed E-state index contributed by atoms with van der Waals surface area (Å²) in [6, 6.07) is 5.91. The molecule has 2 aromatic rings. The quantitative estimate of drug-likeness (QED) is 0.845. The van der Waals surface area contributed by atoms with Crippen LogP contribution in [-0.2, 0) is 6.54 Å². The van der Waals surface area contributed by atoms with Crippen molar-refractivity contribution in [3.05, 3.63) is 40.7 Å². The fraction of sp³-hybridized carbons (Fsp3) is 0.385. The van der Waals surface area contributed by atoms with Crippen LogP contribution in [0.25, 0.3) is 5.69 Å². The van der Waals surface area contributed by atoms with Crippen molar-refractivity contribution in [2.75, 3.05) is 6.54 Å². The third-order valence-corrected chi connectivity index (χ3v) is 3.24. The van der Waals surface area contributed by atoms with Gasteiger partial charge in [0.2, 0.25) is 0 Å². The third kappa shape index (κ3) is 2.71. The Kier molecular flexibility index (Phi) is 4.33. The minimum Gasteiger partial charge on any atom is -0.311 e. The fourth-order valence-corrected chi connectivity index (χ4v) is 1.97. The van der Waals surface area contributed by atoms with Crippen LogP contribution in [0.3, 0.4) is 0 Å². The summed E-state index contributed by atoms with van der Waals surface area (Å²) in [6.07, 6.45) is 2.87. The van der Waals surface area contributed by atoms with Crippen LogP contribution in [0.5, 0.6) is 0 Å². The SMILES string of the molecule is CCCNCc1cnnn1-c1cccc(C)c1Cl. The Balaban J connectivity index is 2.28. The highest BCUT2D eigenvalue weighted by Crippen LogP contribution is 2.24. The van der Waals surface area contributed by atoms with Gasteiger partial charge >= 0.3 is 0 Å². The first-order chi connectivity index (χ1) is 8.74. The highest BCUT2D eigenvalue weighted by Gasteiger charge is 2.10. The Hall–Kier alpha value is -1.39. The van der Waals surface area contributed by atoms with Gasteiger partial charge in [-0.05, 0) is 31.5 Å². The molecule has 0 aliphatic heterocycles. The number of halogens is 1. The van der Waals surface area contributed by atoms with Gasteiger partial charge in [0.15, 0.2) is 0 Å². The number of hydrogen-bond donors (Lipinski definition) is 1. The van der Waals surface area contributed by atoms with Crippen LogP contribution in [0.15, 0.2) is 24.4 Å². The van der Waals surface area contributed by atoms with Crippen LogP contribution in [0.1, 0.15) is 24.6 Å². The first kappa shape index (κ1) is 13.1. The first-order valence-corrected chi connectivity index (χ1v) is 6.47. The molecule has 0 radical (unpaired) electrons. The molecule has 0 aliphatic carbocycles. The van der Waals surface area contributed by atoms with Gasteiger partial charge in [0, 0.05) is 6.54 Å². The Bertz CT molecular complexity index is 521. The topological polar surface area (TPSA) is 42.7 Å². The third-order valence-electron chi connectivity index (χ3n) is 2.75. The van der Waals surface area contributed by atoms with Gasteiger partial charge in [0.05, 0.1) is 22.6 Å². The van der Waals surface area contributed by atoms with Gasteiger partial charge in [-0.3, -0.25) is 0 Å². The normalized spacial score (nSPS) is 10.8. The van der Waals surface area contributed by atoms with Crippen molar-refractivity contribution < 1.29 is 0 Å². The summed E-state index contributed by atoms with van der Waals surface area (Å²) >= 11 is 6.31. The predicted molar refractivity (Wildman–Crippen MR) is 73.1 cm³/mol. The Morgan fingerprint density at radius 1 is 1.39 bits per heavy atom. The molecular formula is C13H17ClN4. The van der Waals surface area contributed by atoms with E-state index in [4.69, 9.17) is 11.6 Å². The molecule has 96 valence electrons.